The summed E-state index contributed by atoms with van der Waals surface area (Å²) in [6.07, 6.45) is 2.57. The van der Waals surface area contributed by atoms with Gasteiger partial charge in [0.2, 0.25) is 0 Å². The van der Waals surface area contributed by atoms with Crippen LogP contribution in [0, 0.1) is 0 Å². The Morgan fingerprint density at radius 2 is 2.16 bits per heavy atom. The third-order valence-corrected chi connectivity index (χ3v) is 3.70. The number of anilines is 1. The van der Waals surface area contributed by atoms with Gasteiger partial charge in [0, 0.05) is 24.8 Å². The number of benzene rings is 1. The fourth-order valence-corrected chi connectivity index (χ4v) is 2.39. The number of methoxy groups -OCH3 is 1. The molecule has 1 aliphatic rings. The average Bonchev–Trinajstić information content (AvgIpc) is 2.76. The first-order valence-electron chi connectivity index (χ1n) is 6.85. The molecule has 0 radical (unpaired) electrons. The summed E-state index contributed by atoms with van der Waals surface area (Å²) in [4.78, 5) is 4.52. The van der Waals surface area contributed by atoms with Gasteiger partial charge in [-0.15, -0.1) is 0 Å². The van der Waals surface area contributed by atoms with Crippen molar-refractivity contribution < 1.29 is 9.15 Å². The molecule has 1 N–H and O–H groups in total. The third-order valence-electron chi connectivity index (χ3n) is 3.70. The van der Waals surface area contributed by atoms with Crippen molar-refractivity contribution in [2.45, 2.75) is 44.8 Å². The lowest BCUT2D eigenvalue weighted by atomic mass is 9.89. The zero-order valence-corrected chi connectivity index (χ0v) is 11.6. The highest BCUT2D eigenvalue weighted by Gasteiger charge is 2.28. The van der Waals surface area contributed by atoms with E-state index < -0.39 is 0 Å². The molecule has 3 rings (SSSR count). The van der Waals surface area contributed by atoms with Crippen molar-refractivity contribution in [1.82, 2.24) is 4.98 Å². The molecule has 0 saturated heterocycles. The molecule has 4 nitrogen and oxygen atoms in total. The lowest BCUT2D eigenvalue weighted by molar-refractivity contribution is 0.0329. The van der Waals surface area contributed by atoms with Gasteiger partial charge in [-0.1, -0.05) is 13.8 Å². The van der Waals surface area contributed by atoms with Gasteiger partial charge in [0.1, 0.15) is 5.52 Å². The molecule has 0 spiro atoms. The Morgan fingerprint density at radius 1 is 1.37 bits per heavy atom. The van der Waals surface area contributed by atoms with Gasteiger partial charge in [0.25, 0.3) is 0 Å². The van der Waals surface area contributed by atoms with Crippen LogP contribution in [0.2, 0.25) is 0 Å². The maximum absolute atomic E-state index is 5.71. The van der Waals surface area contributed by atoms with E-state index in [-0.39, 0.29) is 0 Å². The predicted molar refractivity (Wildman–Crippen MR) is 75.5 cm³/mol. The molecule has 19 heavy (non-hydrogen) atoms. The second-order valence-electron chi connectivity index (χ2n) is 5.56. The van der Waals surface area contributed by atoms with E-state index in [0.717, 1.165) is 35.5 Å². The first-order chi connectivity index (χ1) is 9.15. The number of nitrogens with one attached hydrogen (secondary N) is 1. The smallest absolute Gasteiger partial charge is 0.198 e. The van der Waals surface area contributed by atoms with Gasteiger partial charge in [-0.25, -0.2) is 4.98 Å². The summed E-state index contributed by atoms with van der Waals surface area (Å²) in [6, 6.07) is 6.62. The molecule has 4 heteroatoms. The van der Waals surface area contributed by atoms with Gasteiger partial charge < -0.3 is 14.5 Å². The Hall–Kier alpha value is -1.55. The highest BCUT2D eigenvalue weighted by molar-refractivity contribution is 5.77. The summed E-state index contributed by atoms with van der Waals surface area (Å²) < 4.78 is 11.0. The molecule has 102 valence electrons. The van der Waals surface area contributed by atoms with Gasteiger partial charge in [0.15, 0.2) is 11.5 Å². The minimum atomic E-state index is 0.318. The molecule has 1 fully saturated rings. The average molecular weight is 260 g/mol. The summed E-state index contributed by atoms with van der Waals surface area (Å²) in [5, 5.41) is 3.51. The molecule has 1 heterocycles. The van der Waals surface area contributed by atoms with Crippen LogP contribution < -0.4 is 5.32 Å². The van der Waals surface area contributed by atoms with Crippen molar-refractivity contribution >= 4 is 16.8 Å². The van der Waals surface area contributed by atoms with Crippen LogP contribution in [-0.4, -0.2) is 24.2 Å². The first-order valence-corrected chi connectivity index (χ1v) is 6.85. The maximum Gasteiger partial charge on any atom is 0.198 e. The number of hydrogen-bond donors (Lipinski definition) is 1. The Bertz CT molecular complexity index is 571. The van der Waals surface area contributed by atoms with Crippen LogP contribution in [0.3, 0.4) is 0 Å². The van der Waals surface area contributed by atoms with Crippen LogP contribution in [0.25, 0.3) is 11.1 Å². The van der Waals surface area contributed by atoms with Crippen molar-refractivity contribution in [2.75, 3.05) is 12.4 Å². The molecule has 0 unspecified atom stereocenters. The summed E-state index contributed by atoms with van der Waals surface area (Å²) >= 11 is 0. The van der Waals surface area contributed by atoms with Crippen LogP contribution >= 0.6 is 0 Å². The monoisotopic (exact) mass is 260 g/mol. The van der Waals surface area contributed by atoms with Crippen LogP contribution in [0.15, 0.2) is 22.6 Å². The first kappa shape index (κ1) is 12.5. The van der Waals surface area contributed by atoms with Gasteiger partial charge >= 0.3 is 0 Å². The summed E-state index contributed by atoms with van der Waals surface area (Å²) in [5.74, 6) is 1.12. The lowest BCUT2D eigenvalue weighted by Gasteiger charge is -2.35. The number of hydrogen-bond acceptors (Lipinski definition) is 4. The number of oxazole rings is 1. The highest BCUT2D eigenvalue weighted by Crippen LogP contribution is 2.28. The molecule has 0 atom stereocenters. The van der Waals surface area contributed by atoms with E-state index in [1.54, 1.807) is 7.11 Å². The molecule has 2 aromatic rings. The van der Waals surface area contributed by atoms with Crippen LogP contribution in [-0.2, 0) is 4.74 Å². The van der Waals surface area contributed by atoms with Gasteiger partial charge in [-0.05, 0) is 31.0 Å². The Morgan fingerprint density at radius 3 is 2.84 bits per heavy atom. The zero-order chi connectivity index (χ0) is 13.4. The van der Waals surface area contributed by atoms with Crippen LogP contribution in [0.5, 0.6) is 0 Å². The highest BCUT2D eigenvalue weighted by atomic mass is 16.5. The molecule has 1 aromatic heterocycles. The van der Waals surface area contributed by atoms with E-state index >= 15 is 0 Å². The molecule has 0 amide bonds. The molecule has 1 saturated carbocycles. The van der Waals surface area contributed by atoms with Crippen LogP contribution in [0.4, 0.5) is 5.69 Å². The van der Waals surface area contributed by atoms with Crippen molar-refractivity contribution in [2.24, 2.45) is 0 Å². The van der Waals surface area contributed by atoms with Crippen molar-refractivity contribution in [1.29, 1.82) is 0 Å². The SMILES string of the molecule is COC1CC(Nc2ccc3oc(C(C)C)nc3c2)C1. The zero-order valence-electron chi connectivity index (χ0n) is 11.6. The standard InChI is InChI=1S/C15H20N2O2/c1-9(2)15-17-13-8-10(4-5-14(13)19-15)16-11-6-12(7-11)18-3/h4-5,8-9,11-12,16H,6-7H2,1-3H3. The van der Waals surface area contributed by atoms with Gasteiger partial charge in [-0.3, -0.25) is 0 Å². The Balaban J connectivity index is 1.74. The summed E-state index contributed by atoms with van der Waals surface area (Å²) in [7, 11) is 1.77. The molecule has 0 aliphatic heterocycles. The van der Waals surface area contributed by atoms with Crippen molar-refractivity contribution in [3.05, 3.63) is 24.1 Å². The number of rotatable bonds is 4. The fourth-order valence-electron chi connectivity index (χ4n) is 2.39. The van der Waals surface area contributed by atoms with E-state index in [1.807, 2.05) is 6.07 Å². The minimum Gasteiger partial charge on any atom is -0.440 e. The quantitative estimate of drug-likeness (QED) is 0.913. The molecular formula is C15H20N2O2. The minimum absolute atomic E-state index is 0.318. The third kappa shape index (κ3) is 2.45. The Kier molecular flexibility index (Phi) is 3.19. The van der Waals surface area contributed by atoms with Crippen molar-refractivity contribution in [3.8, 4) is 0 Å². The second kappa shape index (κ2) is 4.85. The van der Waals surface area contributed by atoms with Crippen molar-refractivity contribution in [3.63, 3.8) is 0 Å². The van der Waals surface area contributed by atoms with Gasteiger partial charge in [0.05, 0.1) is 6.10 Å². The number of ether oxygens (including phenoxy) is 1. The molecular weight excluding hydrogens is 240 g/mol. The molecule has 0 bridgehead atoms. The summed E-state index contributed by atoms with van der Waals surface area (Å²) in [5.41, 5.74) is 2.89. The Labute approximate surface area is 113 Å². The topological polar surface area (TPSA) is 47.3 Å². The number of aromatic nitrogens is 1. The number of fused-ring (bicyclic) bond motifs is 1. The van der Waals surface area contributed by atoms with E-state index in [4.69, 9.17) is 9.15 Å². The largest absolute Gasteiger partial charge is 0.440 e. The van der Waals surface area contributed by atoms with Gasteiger partial charge in [-0.2, -0.15) is 0 Å². The molecule has 1 aliphatic carbocycles. The van der Waals surface area contributed by atoms with E-state index in [2.05, 4.69) is 36.3 Å². The fraction of sp³-hybridized carbons (Fsp3) is 0.533. The van der Waals surface area contributed by atoms with Crippen LogP contribution in [0.1, 0.15) is 38.5 Å². The second-order valence-corrected chi connectivity index (χ2v) is 5.56. The normalized spacial score (nSPS) is 22.7. The molecule has 1 aromatic carbocycles. The van der Waals surface area contributed by atoms with E-state index in [9.17, 15) is 0 Å². The summed E-state index contributed by atoms with van der Waals surface area (Å²) in [6.45, 7) is 4.17. The lowest BCUT2D eigenvalue weighted by Crippen LogP contribution is -2.40. The van der Waals surface area contributed by atoms with E-state index in [1.165, 1.54) is 0 Å². The maximum atomic E-state index is 5.71. The predicted octanol–water partition coefficient (Wildman–Crippen LogP) is 3.54. The van der Waals surface area contributed by atoms with E-state index in [0.29, 0.717) is 18.1 Å². The number of nitrogens with zero attached hydrogens (tertiary/aromatic N) is 1.